The Labute approximate surface area is 104 Å². The number of nitrogens with zero attached hydrogens (tertiary/aromatic N) is 1. The zero-order chi connectivity index (χ0) is 12.5. The second-order valence-electron chi connectivity index (χ2n) is 4.60. The van der Waals surface area contributed by atoms with E-state index in [0.717, 1.165) is 16.6 Å². The van der Waals surface area contributed by atoms with E-state index in [4.69, 9.17) is 0 Å². The van der Waals surface area contributed by atoms with E-state index >= 15 is 0 Å². The summed E-state index contributed by atoms with van der Waals surface area (Å²) in [5.74, 6) is 0. The molecule has 1 aliphatic heterocycles. The Bertz CT molecular complexity index is 578. The summed E-state index contributed by atoms with van der Waals surface area (Å²) in [6, 6.07) is 7.54. The number of aromatic nitrogens is 1. The predicted octanol–water partition coefficient (Wildman–Crippen LogP) is 1.77. The Kier molecular flexibility index (Phi) is 2.68. The van der Waals surface area contributed by atoms with Crippen LogP contribution in [0.25, 0.3) is 10.9 Å². The summed E-state index contributed by atoms with van der Waals surface area (Å²) in [4.78, 5) is 16.7. The van der Waals surface area contributed by atoms with Crippen LogP contribution >= 0.6 is 0 Å². The Morgan fingerprint density at radius 1 is 1.44 bits per heavy atom. The van der Waals surface area contributed by atoms with Gasteiger partial charge in [0.05, 0.1) is 6.10 Å². The molecule has 5 nitrogen and oxygen atoms in total. The van der Waals surface area contributed by atoms with Gasteiger partial charge in [0.1, 0.15) is 0 Å². The lowest BCUT2D eigenvalue weighted by Crippen LogP contribution is -2.33. The lowest BCUT2D eigenvalue weighted by Gasteiger charge is -2.16. The fourth-order valence-corrected chi connectivity index (χ4v) is 2.26. The number of hydrogen-bond donors (Lipinski definition) is 3. The van der Waals surface area contributed by atoms with Gasteiger partial charge in [-0.25, -0.2) is 4.79 Å². The summed E-state index contributed by atoms with van der Waals surface area (Å²) in [6.07, 6.45) is 2.14. The van der Waals surface area contributed by atoms with Crippen LogP contribution < -0.4 is 5.32 Å². The predicted molar refractivity (Wildman–Crippen MR) is 69.5 cm³/mol. The van der Waals surface area contributed by atoms with Gasteiger partial charge >= 0.3 is 6.03 Å². The first-order chi connectivity index (χ1) is 8.72. The molecular weight excluding hydrogens is 230 g/mol. The number of nitrogens with one attached hydrogen (secondary N) is 2. The first kappa shape index (κ1) is 11.1. The summed E-state index contributed by atoms with van der Waals surface area (Å²) in [7, 11) is 0. The van der Waals surface area contributed by atoms with Gasteiger partial charge in [0.25, 0.3) is 0 Å². The van der Waals surface area contributed by atoms with Crippen molar-refractivity contribution in [1.82, 2.24) is 9.88 Å². The van der Waals surface area contributed by atoms with Crippen LogP contribution in [0.15, 0.2) is 30.5 Å². The summed E-state index contributed by atoms with van der Waals surface area (Å²) in [5, 5.41) is 13.3. The number of benzene rings is 1. The zero-order valence-corrected chi connectivity index (χ0v) is 9.89. The molecule has 0 saturated carbocycles. The second kappa shape index (κ2) is 4.34. The molecule has 1 aromatic heterocycles. The molecule has 5 heteroatoms. The number of urea groups is 1. The Morgan fingerprint density at radius 3 is 3.11 bits per heavy atom. The van der Waals surface area contributed by atoms with Crippen LogP contribution in [0.4, 0.5) is 10.5 Å². The van der Waals surface area contributed by atoms with E-state index in [0.29, 0.717) is 19.5 Å². The highest BCUT2D eigenvalue weighted by atomic mass is 16.3. The number of amides is 2. The molecule has 1 atom stereocenters. The highest BCUT2D eigenvalue weighted by molar-refractivity contribution is 5.92. The van der Waals surface area contributed by atoms with Crippen molar-refractivity contribution in [2.45, 2.75) is 12.5 Å². The number of rotatable bonds is 1. The molecule has 18 heavy (non-hydrogen) atoms. The molecule has 2 aromatic rings. The molecule has 2 amide bonds. The Morgan fingerprint density at radius 2 is 2.33 bits per heavy atom. The van der Waals surface area contributed by atoms with Crippen LogP contribution in [-0.2, 0) is 0 Å². The third-order valence-corrected chi connectivity index (χ3v) is 3.26. The molecule has 0 unspecified atom stereocenters. The van der Waals surface area contributed by atoms with Gasteiger partial charge in [-0.3, -0.25) is 0 Å². The number of fused-ring (bicyclic) bond motifs is 1. The number of likely N-dealkylation sites (tertiary alicyclic amines) is 1. The highest BCUT2D eigenvalue weighted by Crippen LogP contribution is 2.19. The van der Waals surface area contributed by atoms with E-state index in [2.05, 4.69) is 10.3 Å². The van der Waals surface area contributed by atoms with Crippen molar-refractivity contribution in [1.29, 1.82) is 0 Å². The second-order valence-corrected chi connectivity index (χ2v) is 4.60. The number of β-amino-alcohol motifs (C(OH)–C–C–N with tert-alkyl or cyclic N) is 1. The molecule has 1 aromatic carbocycles. The van der Waals surface area contributed by atoms with E-state index in [-0.39, 0.29) is 12.1 Å². The van der Waals surface area contributed by atoms with Gasteiger partial charge in [-0.15, -0.1) is 0 Å². The van der Waals surface area contributed by atoms with Crippen molar-refractivity contribution >= 4 is 22.6 Å². The molecule has 3 N–H and O–H groups in total. The lowest BCUT2D eigenvalue weighted by molar-refractivity contribution is 0.176. The molecule has 2 heterocycles. The van der Waals surface area contributed by atoms with Gasteiger partial charge in [0.15, 0.2) is 0 Å². The topological polar surface area (TPSA) is 68.4 Å². The van der Waals surface area contributed by atoms with Crippen molar-refractivity contribution in [2.75, 3.05) is 18.4 Å². The van der Waals surface area contributed by atoms with E-state index < -0.39 is 0 Å². The molecule has 0 bridgehead atoms. The van der Waals surface area contributed by atoms with Crippen LogP contribution in [0, 0.1) is 0 Å². The molecule has 94 valence electrons. The number of hydrogen-bond acceptors (Lipinski definition) is 2. The maximum atomic E-state index is 11.9. The molecule has 0 aliphatic carbocycles. The highest BCUT2D eigenvalue weighted by Gasteiger charge is 2.24. The van der Waals surface area contributed by atoms with Gasteiger partial charge < -0.3 is 20.3 Å². The van der Waals surface area contributed by atoms with E-state index in [1.54, 1.807) is 4.90 Å². The minimum Gasteiger partial charge on any atom is -0.391 e. The van der Waals surface area contributed by atoms with E-state index in [9.17, 15) is 9.90 Å². The maximum absolute atomic E-state index is 11.9. The zero-order valence-electron chi connectivity index (χ0n) is 9.89. The van der Waals surface area contributed by atoms with E-state index in [1.807, 2.05) is 30.5 Å². The lowest BCUT2D eigenvalue weighted by atomic mass is 10.2. The molecule has 0 spiro atoms. The van der Waals surface area contributed by atoms with Crippen LogP contribution in [0.5, 0.6) is 0 Å². The van der Waals surface area contributed by atoms with Crippen molar-refractivity contribution in [3.05, 3.63) is 30.5 Å². The number of H-pyrrole nitrogens is 1. The minimum absolute atomic E-state index is 0.151. The van der Waals surface area contributed by atoms with Crippen molar-refractivity contribution in [3.63, 3.8) is 0 Å². The van der Waals surface area contributed by atoms with Gasteiger partial charge in [0.2, 0.25) is 0 Å². The maximum Gasteiger partial charge on any atom is 0.321 e. The van der Waals surface area contributed by atoms with Gasteiger partial charge in [-0.2, -0.15) is 0 Å². The molecule has 1 saturated heterocycles. The quantitative estimate of drug-likeness (QED) is 0.716. The number of anilines is 1. The number of carbonyl (C=O) groups excluding carboxylic acids is 1. The van der Waals surface area contributed by atoms with Crippen molar-refractivity contribution < 1.29 is 9.90 Å². The monoisotopic (exact) mass is 245 g/mol. The van der Waals surface area contributed by atoms with Crippen molar-refractivity contribution in [2.24, 2.45) is 0 Å². The average Bonchev–Trinajstić information content (AvgIpc) is 2.96. The smallest absolute Gasteiger partial charge is 0.321 e. The summed E-state index contributed by atoms with van der Waals surface area (Å²) < 4.78 is 0. The van der Waals surface area contributed by atoms with Crippen LogP contribution in [0.2, 0.25) is 0 Å². The first-order valence-corrected chi connectivity index (χ1v) is 6.03. The largest absolute Gasteiger partial charge is 0.391 e. The number of aromatic amines is 1. The standard InChI is InChI=1S/C13H15N3O2/c17-11-4-6-16(8-11)13(18)15-10-1-2-12-9(7-10)3-5-14-12/h1-3,5,7,11,14,17H,4,6,8H2,(H,15,18)/t11-/m0/s1. The average molecular weight is 245 g/mol. The third-order valence-electron chi connectivity index (χ3n) is 3.26. The first-order valence-electron chi connectivity index (χ1n) is 6.03. The van der Waals surface area contributed by atoms with Gasteiger partial charge in [-0.1, -0.05) is 0 Å². The van der Waals surface area contributed by atoms with Crippen molar-refractivity contribution in [3.8, 4) is 0 Å². The van der Waals surface area contributed by atoms with Crippen LogP contribution in [0.3, 0.4) is 0 Å². The summed E-state index contributed by atoms with van der Waals surface area (Å²) in [6.45, 7) is 1.03. The third kappa shape index (κ3) is 2.04. The molecule has 3 rings (SSSR count). The molecular formula is C13H15N3O2. The SMILES string of the molecule is O=C(Nc1ccc2[nH]ccc2c1)N1CC[C@H](O)C1. The Hall–Kier alpha value is -2.01. The minimum atomic E-state index is -0.386. The molecule has 0 radical (unpaired) electrons. The number of aliphatic hydroxyl groups excluding tert-OH is 1. The molecule has 1 aliphatic rings. The summed E-state index contributed by atoms with van der Waals surface area (Å²) in [5.41, 5.74) is 1.82. The Balaban J connectivity index is 1.73. The fraction of sp³-hybridized carbons (Fsp3) is 0.308. The number of carbonyl (C=O) groups is 1. The van der Waals surface area contributed by atoms with E-state index in [1.165, 1.54) is 0 Å². The van der Waals surface area contributed by atoms with Gasteiger partial charge in [-0.05, 0) is 30.7 Å². The number of aliphatic hydroxyl groups is 1. The molecule has 1 fully saturated rings. The van der Waals surface area contributed by atoms with Crippen LogP contribution in [-0.4, -0.2) is 40.2 Å². The summed E-state index contributed by atoms with van der Waals surface area (Å²) >= 11 is 0. The fourth-order valence-electron chi connectivity index (χ4n) is 2.26. The van der Waals surface area contributed by atoms with Gasteiger partial charge in [0, 0.05) is 35.9 Å². The van der Waals surface area contributed by atoms with Crippen LogP contribution in [0.1, 0.15) is 6.42 Å². The normalized spacial score (nSPS) is 19.4.